The van der Waals surface area contributed by atoms with Gasteiger partial charge in [0, 0.05) is 17.8 Å². The second-order valence-corrected chi connectivity index (χ2v) is 6.39. The molecule has 3 rings (SSSR count). The fraction of sp³-hybridized carbons (Fsp3) is 0.250. The van der Waals surface area contributed by atoms with Crippen LogP contribution >= 0.6 is 0 Å². The Balaban J connectivity index is 1.81. The van der Waals surface area contributed by atoms with Crippen LogP contribution in [0.25, 0.3) is 0 Å². The molecule has 2 aromatic rings. The molecule has 1 N–H and O–H groups in total. The van der Waals surface area contributed by atoms with Crippen LogP contribution in [0.15, 0.2) is 36.4 Å². The number of rotatable bonds is 6. The standard InChI is InChI=1S/C20H19N3O5/c1-3-12-6-5-7-13(4-2)18(12)21-17(24)11-22-19(25)15-9-8-14(23(27)28)10-16(15)20(22)26/h5-10H,3-4,11H2,1-2H3,(H,21,24). The van der Waals surface area contributed by atoms with Crippen molar-refractivity contribution in [1.82, 2.24) is 4.90 Å². The Labute approximate surface area is 161 Å². The highest BCUT2D eigenvalue weighted by atomic mass is 16.6. The third-order valence-electron chi connectivity index (χ3n) is 4.73. The molecule has 8 nitrogen and oxygen atoms in total. The zero-order chi connectivity index (χ0) is 20.4. The minimum absolute atomic E-state index is 0.0600. The van der Waals surface area contributed by atoms with Gasteiger partial charge in [-0.1, -0.05) is 32.0 Å². The number of carbonyl (C=O) groups is 3. The predicted octanol–water partition coefficient (Wildman–Crippen LogP) is 2.95. The van der Waals surface area contributed by atoms with Crippen LogP contribution in [-0.4, -0.2) is 34.1 Å². The Morgan fingerprint density at radius 1 is 1.04 bits per heavy atom. The normalized spacial score (nSPS) is 12.9. The number of anilines is 1. The molecule has 0 radical (unpaired) electrons. The number of nitrogens with zero attached hydrogens (tertiary/aromatic N) is 2. The van der Waals surface area contributed by atoms with Gasteiger partial charge in [0.05, 0.1) is 16.1 Å². The van der Waals surface area contributed by atoms with Gasteiger partial charge in [-0.2, -0.15) is 0 Å². The van der Waals surface area contributed by atoms with Crippen molar-refractivity contribution in [2.24, 2.45) is 0 Å². The fourth-order valence-electron chi connectivity index (χ4n) is 3.26. The van der Waals surface area contributed by atoms with Gasteiger partial charge in [-0.3, -0.25) is 29.4 Å². The van der Waals surface area contributed by atoms with E-state index in [1.165, 1.54) is 12.1 Å². The van der Waals surface area contributed by atoms with Gasteiger partial charge in [-0.25, -0.2) is 0 Å². The monoisotopic (exact) mass is 381 g/mol. The minimum atomic E-state index is -0.710. The van der Waals surface area contributed by atoms with E-state index in [1.807, 2.05) is 32.0 Å². The first-order chi connectivity index (χ1) is 13.4. The molecule has 0 bridgehead atoms. The maximum atomic E-state index is 12.6. The van der Waals surface area contributed by atoms with Crippen molar-refractivity contribution in [3.63, 3.8) is 0 Å². The van der Waals surface area contributed by atoms with Gasteiger partial charge in [-0.05, 0) is 30.0 Å². The van der Waals surface area contributed by atoms with E-state index in [-0.39, 0.29) is 16.8 Å². The fourth-order valence-corrected chi connectivity index (χ4v) is 3.26. The maximum Gasteiger partial charge on any atom is 0.270 e. The summed E-state index contributed by atoms with van der Waals surface area (Å²) in [4.78, 5) is 48.6. The smallest absolute Gasteiger partial charge is 0.270 e. The number of nitro benzene ring substituents is 1. The van der Waals surface area contributed by atoms with Crippen LogP contribution in [-0.2, 0) is 17.6 Å². The summed E-state index contributed by atoms with van der Waals surface area (Å²) in [7, 11) is 0. The van der Waals surface area contributed by atoms with E-state index in [0.717, 1.165) is 34.9 Å². The highest BCUT2D eigenvalue weighted by Crippen LogP contribution is 2.27. The highest BCUT2D eigenvalue weighted by molar-refractivity contribution is 6.23. The molecule has 0 aromatic heterocycles. The minimum Gasteiger partial charge on any atom is -0.324 e. The molecule has 0 unspecified atom stereocenters. The van der Waals surface area contributed by atoms with Crippen molar-refractivity contribution in [2.45, 2.75) is 26.7 Å². The molecule has 2 aromatic carbocycles. The van der Waals surface area contributed by atoms with E-state index in [0.29, 0.717) is 5.69 Å². The van der Waals surface area contributed by atoms with Crippen molar-refractivity contribution in [1.29, 1.82) is 0 Å². The predicted molar refractivity (Wildman–Crippen MR) is 102 cm³/mol. The maximum absolute atomic E-state index is 12.6. The molecule has 3 amide bonds. The molecule has 1 aliphatic rings. The summed E-state index contributed by atoms with van der Waals surface area (Å²) in [6, 6.07) is 9.22. The van der Waals surface area contributed by atoms with Crippen LogP contribution < -0.4 is 5.32 Å². The number of amides is 3. The number of aryl methyl sites for hydroxylation is 2. The third-order valence-corrected chi connectivity index (χ3v) is 4.73. The number of hydrogen-bond donors (Lipinski definition) is 1. The Bertz CT molecular complexity index is 977. The lowest BCUT2D eigenvalue weighted by molar-refractivity contribution is -0.384. The van der Waals surface area contributed by atoms with Crippen LogP contribution in [0.1, 0.15) is 45.7 Å². The van der Waals surface area contributed by atoms with Crippen molar-refractivity contribution < 1.29 is 19.3 Å². The highest BCUT2D eigenvalue weighted by Gasteiger charge is 2.37. The van der Waals surface area contributed by atoms with E-state index in [9.17, 15) is 24.5 Å². The first kappa shape index (κ1) is 19.2. The van der Waals surface area contributed by atoms with Gasteiger partial charge in [0.15, 0.2) is 0 Å². The Morgan fingerprint density at radius 2 is 1.64 bits per heavy atom. The molecule has 1 aliphatic heterocycles. The summed E-state index contributed by atoms with van der Waals surface area (Å²) in [5, 5.41) is 13.7. The molecule has 28 heavy (non-hydrogen) atoms. The van der Waals surface area contributed by atoms with Gasteiger partial charge in [-0.15, -0.1) is 0 Å². The quantitative estimate of drug-likeness (QED) is 0.470. The number of fused-ring (bicyclic) bond motifs is 1. The number of para-hydroxylation sites is 1. The summed E-state index contributed by atoms with van der Waals surface area (Å²) < 4.78 is 0. The topological polar surface area (TPSA) is 110 Å². The first-order valence-electron chi connectivity index (χ1n) is 8.92. The number of nitro groups is 1. The number of carbonyl (C=O) groups excluding carboxylic acids is 3. The molecule has 0 atom stereocenters. The molecule has 0 saturated carbocycles. The summed E-state index contributed by atoms with van der Waals surface area (Å²) >= 11 is 0. The molecule has 144 valence electrons. The van der Waals surface area contributed by atoms with Crippen LogP contribution in [0.2, 0.25) is 0 Å². The van der Waals surface area contributed by atoms with Gasteiger partial charge in [0.1, 0.15) is 6.54 Å². The van der Waals surface area contributed by atoms with Gasteiger partial charge >= 0.3 is 0 Å². The average molecular weight is 381 g/mol. The first-order valence-corrected chi connectivity index (χ1v) is 8.92. The lowest BCUT2D eigenvalue weighted by atomic mass is 10.0. The lowest BCUT2D eigenvalue weighted by Crippen LogP contribution is -2.37. The summed E-state index contributed by atoms with van der Waals surface area (Å²) in [6.45, 7) is 3.49. The molecule has 0 fully saturated rings. The molecular formula is C20H19N3O5. The largest absolute Gasteiger partial charge is 0.324 e. The summed E-state index contributed by atoms with van der Waals surface area (Å²) in [5.74, 6) is -1.84. The molecule has 8 heteroatoms. The van der Waals surface area contributed by atoms with Crippen LogP contribution in [0.4, 0.5) is 11.4 Å². The van der Waals surface area contributed by atoms with Crippen LogP contribution in [0.5, 0.6) is 0 Å². The van der Waals surface area contributed by atoms with Crippen molar-refractivity contribution >= 4 is 29.1 Å². The molecule has 0 saturated heterocycles. The Kier molecular flexibility index (Phi) is 5.21. The van der Waals surface area contributed by atoms with E-state index < -0.39 is 29.2 Å². The van der Waals surface area contributed by atoms with E-state index >= 15 is 0 Å². The van der Waals surface area contributed by atoms with Crippen molar-refractivity contribution in [3.8, 4) is 0 Å². The number of non-ortho nitro benzene ring substituents is 1. The summed E-state index contributed by atoms with van der Waals surface area (Å²) in [6.07, 6.45) is 1.44. The van der Waals surface area contributed by atoms with Gasteiger partial charge in [0.25, 0.3) is 17.5 Å². The van der Waals surface area contributed by atoms with E-state index in [4.69, 9.17) is 0 Å². The second kappa shape index (κ2) is 7.59. The number of benzene rings is 2. The zero-order valence-corrected chi connectivity index (χ0v) is 15.5. The lowest BCUT2D eigenvalue weighted by Gasteiger charge is -2.17. The van der Waals surface area contributed by atoms with Gasteiger partial charge in [0.2, 0.25) is 5.91 Å². The van der Waals surface area contributed by atoms with E-state index in [1.54, 1.807) is 0 Å². The number of imide groups is 1. The third kappa shape index (κ3) is 3.36. The Hall–Kier alpha value is -3.55. The zero-order valence-electron chi connectivity index (χ0n) is 15.5. The summed E-state index contributed by atoms with van der Waals surface area (Å²) in [5.41, 5.74) is 2.35. The number of nitrogens with one attached hydrogen (secondary N) is 1. The average Bonchev–Trinajstić information content (AvgIpc) is 2.92. The van der Waals surface area contributed by atoms with Crippen LogP contribution in [0, 0.1) is 10.1 Å². The molecule has 1 heterocycles. The van der Waals surface area contributed by atoms with Crippen LogP contribution in [0.3, 0.4) is 0 Å². The van der Waals surface area contributed by atoms with Gasteiger partial charge < -0.3 is 5.32 Å². The number of hydrogen-bond acceptors (Lipinski definition) is 5. The molecule has 0 spiro atoms. The molecular weight excluding hydrogens is 362 g/mol. The van der Waals surface area contributed by atoms with Crippen molar-refractivity contribution in [2.75, 3.05) is 11.9 Å². The second-order valence-electron chi connectivity index (χ2n) is 6.39. The Morgan fingerprint density at radius 3 is 2.21 bits per heavy atom. The van der Waals surface area contributed by atoms with Crippen molar-refractivity contribution in [3.05, 3.63) is 68.8 Å². The SMILES string of the molecule is CCc1cccc(CC)c1NC(=O)CN1C(=O)c2ccc([N+](=O)[O-])cc2C1=O. The molecule has 0 aliphatic carbocycles. The van der Waals surface area contributed by atoms with E-state index in [2.05, 4.69) is 5.32 Å².